The van der Waals surface area contributed by atoms with Gasteiger partial charge in [-0.05, 0) is 31.0 Å². The minimum absolute atomic E-state index is 0.572. The lowest BCUT2D eigenvalue weighted by Crippen LogP contribution is -2.15. The van der Waals surface area contributed by atoms with Gasteiger partial charge in [0.25, 0.3) is 0 Å². The Bertz CT molecular complexity index is 548. The van der Waals surface area contributed by atoms with Gasteiger partial charge in [-0.3, -0.25) is 0 Å². The van der Waals surface area contributed by atoms with Crippen molar-refractivity contribution in [3.63, 3.8) is 0 Å². The van der Waals surface area contributed by atoms with E-state index in [-0.39, 0.29) is 0 Å². The van der Waals surface area contributed by atoms with Crippen molar-refractivity contribution in [2.24, 2.45) is 7.05 Å². The summed E-state index contributed by atoms with van der Waals surface area (Å²) in [6, 6.07) is 10.3. The molecule has 0 spiro atoms. The van der Waals surface area contributed by atoms with E-state index in [9.17, 15) is 0 Å². The SMILES string of the molecule is CCCNCc1ccccc1COc1cc(C)nn1C. The van der Waals surface area contributed by atoms with E-state index in [1.165, 1.54) is 11.1 Å². The summed E-state index contributed by atoms with van der Waals surface area (Å²) in [7, 11) is 1.90. The van der Waals surface area contributed by atoms with E-state index < -0.39 is 0 Å². The average molecular weight is 273 g/mol. The molecule has 0 amide bonds. The van der Waals surface area contributed by atoms with Crippen LogP contribution in [0.5, 0.6) is 5.88 Å². The second-order valence-corrected chi connectivity index (χ2v) is 4.98. The van der Waals surface area contributed by atoms with Crippen LogP contribution in [0.4, 0.5) is 0 Å². The van der Waals surface area contributed by atoms with Gasteiger partial charge >= 0.3 is 0 Å². The molecule has 0 aliphatic carbocycles. The highest BCUT2D eigenvalue weighted by molar-refractivity contribution is 5.27. The van der Waals surface area contributed by atoms with Crippen LogP contribution in [0, 0.1) is 6.92 Å². The molecule has 0 aliphatic rings. The molecule has 0 aliphatic heterocycles. The molecule has 4 nitrogen and oxygen atoms in total. The van der Waals surface area contributed by atoms with Gasteiger partial charge in [-0.25, -0.2) is 4.68 Å². The Morgan fingerprint density at radius 3 is 2.65 bits per heavy atom. The van der Waals surface area contributed by atoms with Gasteiger partial charge in [-0.15, -0.1) is 0 Å². The van der Waals surface area contributed by atoms with Gasteiger partial charge in [-0.1, -0.05) is 31.2 Å². The van der Waals surface area contributed by atoms with Crippen molar-refractivity contribution < 1.29 is 4.74 Å². The number of rotatable bonds is 7. The molecule has 108 valence electrons. The molecule has 0 saturated heterocycles. The molecule has 0 radical (unpaired) electrons. The second kappa shape index (κ2) is 7.10. The van der Waals surface area contributed by atoms with Crippen LogP contribution in [0.15, 0.2) is 30.3 Å². The zero-order valence-electron chi connectivity index (χ0n) is 12.5. The fourth-order valence-corrected chi connectivity index (χ4v) is 2.14. The maximum Gasteiger partial charge on any atom is 0.212 e. The zero-order chi connectivity index (χ0) is 14.4. The summed E-state index contributed by atoms with van der Waals surface area (Å²) in [5.41, 5.74) is 3.48. The lowest BCUT2D eigenvalue weighted by molar-refractivity contribution is 0.277. The Balaban J connectivity index is 2.00. The summed E-state index contributed by atoms with van der Waals surface area (Å²) in [4.78, 5) is 0. The molecule has 0 bridgehead atoms. The van der Waals surface area contributed by atoms with Crippen LogP contribution >= 0.6 is 0 Å². The first-order chi connectivity index (χ1) is 9.70. The number of aryl methyl sites for hydroxylation is 2. The van der Waals surface area contributed by atoms with Gasteiger partial charge in [0.05, 0.1) is 5.69 Å². The molecule has 1 aromatic carbocycles. The molecule has 0 unspecified atom stereocenters. The smallest absolute Gasteiger partial charge is 0.212 e. The summed E-state index contributed by atoms with van der Waals surface area (Å²) < 4.78 is 7.63. The number of hydrogen-bond acceptors (Lipinski definition) is 3. The van der Waals surface area contributed by atoms with E-state index in [0.29, 0.717) is 6.61 Å². The third-order valence-corrected chi connectivity index (χ3v) is 3.20. The predicted molar refractivity (Wildman–Crippen MR) is 80.7 cm³/mol. The first-order valence-corrected chi connectivity index (χ1v) is 7.11. The van der Waals surface area contributed by atoms with Crippen LogP contribution in [0.3, 0.4) is 0 Å². The van der Waals surface area contributed by atoms with Crippen LogP contribution in [-0.4, -0.2) is 16.3 Å². The van der Waals surface area contributed by atoms with Crippen LogP contribution in [0.25, 0.3) is 0 Å². The van der Waals surface area contributed by atoms with Crippen molar-refractivity contribution >= 4 is 0 Å². The van der Waals surface area contributed by atoms with Crippen LogP contribution in [0.2, 0.25) is 0 Å². The minimum Gasteiger partial charge on any atom is -0.473 e. The van der Waals surface area contributed by atoms with Crippen molar-refractivity contribution in [2.75, 3.05) is 6.54 Å². The van der Waals surface area contributed by atoms with E-state index in [0.717, 1.165) is 31.1 Å². The molecule has 2 aromatic rings. The van der Waals surface area contributed by atoms with Crippen molar-refractivity contribution in [1.82, 2.24) is 15.1 Å². The van der Waals surface area contributed by atoms with E-state index in [4.69, 9.17) is 4.74 Å². The number of nitrogens with zero attached hydrogens (tertiary/aromatic N) is 2. The Hall–Kier alpha value is -1.81. The number of nitrogens with one attached hydrogen (secondary N) is 1. The summed E-state index contributed by atoms with van der Waals surface area (Å²) in [5.74, 6) is 0.804. The molecular weight excluding hydrogens is 250 g/mol. The van der Waals surface area contributed by atoms with Gasteiger partial charge in [0.2, 0.25) is 5.88 Å². The van der Waals surface area contributed by atoms with Gasteiger partial charge in [0, 0.05) is 19.7 Å². The number of hydrogen-bond donors (Lipinski definition) is 1. The fraction of sp³-hybridized carbons (Fsp3) is 0.438. The van der Waals surface area contributed by atoms with Crippen molar-refractivity contribution in [3.05, 3.63) is 47.2 Å². The van der Waals surface area contributed by atoms with E-state index in [1.807, 2.05) is 20.0 Å². The Morgan fingerprint density at radius 2 is 2.00 bits per heavy atom. The molecule has 0 atom stereocenters. The van der Waals surface area contributed by atoms with Crippen LogP contribution in [-0.2, 0) is 20.2 Å². The third-order valence-electron chi connectivity index (χ3n) is 3.20. The molecule has 1 N–H and O–H groups in total. The van der Waals surface area contributed by atoms with Crippen LogP contribution < -0.4 is 10.1 Å². The molecule has 0 fully saturated rings. The van der Waals surface area contributed by atoms with Crippen molar-refractivity contribution in [2.45, 2.75) is 33.4 Å². The topological polar surface area (TPSA) is 39.1 Å². The maximum absolute atomic E-state index is 5.86. The third kappa shape index (κ3) is 3.84. The zero-order valence-corrected chi connectivity index (χ0v) is 12.5. The highest BCUT2D eigenvalue weighted by atomic mass is 16.5. The standard InChI is InChI=1S/C16H23N3O/c1-4-9-17-11-14-7-5-6-8-15(14)12-20-16-10-13(2)18-19(16)3/h5-8,10,17H,4,9,11-12H2,1-3H3. The predicted octanol–water partition coefficient (Wildman–Crippen LogP) is 2.81. The Kier molecular flexibility index (Phi) is 5.18. The number of benzene rings is 1. The largest absolute Gasteiger partial charge is 0.473 e. The summed E-state index contributed by atoms with van der Waals surface area (Å²) >= 11 is 0. The van der Waals surface area contributed by atoms with E-state index in [1.54, 1.807) is 4.68 Å². The monoisotopic (exact) mass is 273 g/mol. The average Bonchev–Trinajstić information content (AvgIpc) is 2.76. The molecule has 20 heavy (non-hydrogen) atoms. The van der Waals surface area contributed by atoms with Crippen LogP contribution in [0.1, 0.15) is 30.2 Å². The summed E-state index contributed by atoms with van der Waals surface area (Å²) in [6.07, 6.45) is 1.15. The lowest BCUT2D eigenvalue weighted by Gasteiger charge is -2.11. The first-order valence-electron chi connectivity index (χ1n) is 7.11. The first kappa shape index (κ1) is 14.6. The molecule has 0 saturated carbocycles. The molecule has 1 heterocycles. The Labute approximate surface area is 120 Å². The van der Waals surface area contributed by atoms with Crippen molar-refractivity contribution in [1.29, 1.82) is 0 Å². The summed E-state index contributed by atoms with van der Waals surface area (Å²) in [6.45, 7) is 6.64. The van der Waals surface area contributed by atoms with E-state index in [2.05, 4.69) is 41.6 Å². The van der Waals surface area contributed by atoms with Gasteiger partial charge in [0.15, 0.2) is 0 Å². The second-order valence-electron chi connectivity index (χ2n) is 4.98. The summed E-state index contributed by atoms with van der Waals surface area (Å²) in [5, 5.41) is 7.72. The van der Waals surface area contributed by atoms with Crippen molar-refractivity contribution in [3.8, 4) is 5.88 Å². The molecule has 4 heteroatoms. The number of ether oxygens (including phenoxy) is 1. The molecule has 2 rings (SSSR count). The normalized spacial score (nSPS) is 10.8. The minimum atomic E-state index is 0.572. The fourth-order valence-electron chi connectivity index (χ4n) is 2.14. The molecule has 1 aromatic heterocycles. The number of aromatic nitrogens is 2. The Morgan fingerprint density at radius 1 is 1.25 bits per heavy atom. The lowest BCUT2D eigenvalue weighted by atomic mass is 10.1. The quantitative estimate of drug-likeness (QED) is 0.788. The van der Waals surface area contributed by atoms with E-state index >= 15 is 0 Å². The van der Waals surface area contributed by atoms with Gasteiger partial charge in [0.1, 0.15) is 6.61 Å². The van der Waals surface area contributed by atoms with Gasteiger partial charge in [-0.2, -0.15) is 5.10 Å². The maximum atomic E-state index is 5.86. The van der Waals surface area contributed by atoms with Gasteiger partial charge < -0.3 is 10.1 Å². The highest BCUT2D eigenvalue weighted by Crippen LogP contribution is 2.15. The molecular formula is C16H23N3O. The highest BCUT2D eigenvalue weighted by Gasteiger charge is 2.06.